The van der Waals surface area contributed by atoms with Gasteiger partial charge >= 0.3 is 0 Å². The minimum Gasteiger partial charge on any atom is -0.342 e. The van der Waals surface area contributed by atoms with Crippen LogP contribution in [0.5, 0.6) is 0 Å². The molecule has 0 aliphatic heterocycles. The maximum Gasteiger partial charge on any atom is 0.256 e. The summed E-state index contributed by atoms with van der Waals surface area (Å²) in [6, 6.07) is 9.52. The molecule has 3 rings (SSSR count). The zero-order valence-corrected chi connectivity index (χ0v) is 18.4. The van der Waals surface area contributed by atoms with E-state index in [9.17, 15) is 9.59 Å². The summed E-state index contributed by atoms with van der Waals surface area (Å²) >= 11 is 0. The van der Waals surface area contributed by atoms with Crippen LogP contribution in [0.3, 0.4) is 0 Å². The lowest BCUT2D eigenvalue weighted by Crippen LogP contribution is -2.23. The van der Waals surface area contributed by atoms with Gasteiger partial charge in [-0.05, 0) is 43.5 Å². The average molecular weight is 408 g/mol. The fraction of sp³-hybridized carbons (Fsp3) is 0.391. The highest BCUT2D eigenvalue weighted by Gasteiger charge is 2.19. The Hall–Kier alpha value is -3.22. The van der Waals surface area contributed by atoms with E-state index in [0.717, 1.165) is 22.3 Å². The Balaban J connectivity index is 1.95. The number of carbonyl (C=O) groups is 2. The summed E-state index contributed by atoms with van der Waals surface area (Å²) in [4.78, 5) is 31.1. The standard InChI is InChI=1S/C23H29N5O2/c1-14(2)21-11-19(20-12-24-28(15(3)4)22(20)26-21)23(30)25-18-9-7-8-17(10-18)13-27(6)16(5)29/h7-12,14-15H,13H2,1-6H3,(H,25,30). The van der Waals surface area contributed by atoms with Crippen molar-refractivity contribution in [3.63, 3.8) is 0 Å². The highest BCUT2D eigenvalue weighted by atomic mass is 16.2. The molecule has 0 aliphatic carbocycles. The largest absolute Gasteiger partial charge is 0.342 e. The Kier molecular flexibility index (Phi) is 6.20. The second-order valence-corrected chi connectivity index (χ2v) is 8.20. The van der Waals surface area contributed by atoms with E-state index >= 15 is 0 Å². The molecule has 2 amide bonds. The van der Waals surface area contributed by atoms with Crippen molar-refractivity contribution in [1.29, 1.82) is 0 Å². The van der Waals surface area contributed by atoms with Crippen molar-refractivity contribution in [2.45, 2.75) is 53.1 Å². The molecule has 0 unspecified atom stereocenters. The van der Waals surface area contributed by atoms with Crippen molar-refractivity contribution in [2.75, 3.05) is 12.4 Å². The lowest BCUT2D eigenvalue weighted by molar-refractivity contribution is -0.128. The molecule has 0 saturated heterocycles. The van der Waals surface area contributed by atoms with E-state index in [1.807, 2.05) is 48.9 Å². The van der Waals surface area contributed by atoms with Crippen molar-refractivity contribution in [3.8, 4) is 0 Å². The van der Waals surface area contributed by atoms with Crippen LogP contribution in [-0.2, 0) is 11.3 Å². The van der Waals surface area contributed by atoms with Crippen LogP contribution in [0.4, 0.5) is 5.69 Å². The average Bonchev–Trinajstić information content (AvgIpc) is 3.11. The van der Waals surface area contributed by atoms with Crippen LogP contribution in [0.15, 0.2) is 36.5 Å². The number of nitrogens with one attached hydrogen (secondary N) is 1. The van der Waals surface area contributed by atoms with Crippen LogP contribution in [0, 0.1) is 0 Å². The van der Waals surface area contributed by atoms with Gasteiger partial charge in [0.25, 0.3) is 5.91 Å². The lowest BCUT2D eigenvalue weighted by Gasteiger charge is -2.16. The maximum absolute atomic E-state index is 13.2. The van der Waals surface area contributed by atoms with Crippen molar-refractivity contribution in [3.05, 3.63) is 53.3 Å². The fourth-order valence-electron chi connectivity index (χ4n) is 3.23. The Labute approximate surface area is 177 Å². The summed E-state index contributed by atoms with van der Waals surface area (Å²) in [7, 11) is 1.75. The molecule has 0 radical (unpaired) electrons. The van der Waals surface area contributed by atoms with Gasteiger partial charge in [-0.15, -0.1) is 0 Å². The molecule has 158 valence electrons. The van der Waals surface area contributed by atoms with Crippen LogP contribution >= 0.6 is 0 Å². The van der Waals surface area contributed by atoms with Gasteiger partial charge in [0.15, 0.2) is 5.65 Å². The highest BCUT2D eigenvalue weighted by molar-refractivity contribution is 6.12. The van der Waals surface area contributed by atoms with Crippen molar-refractivity contribution in [1.82, 2.24) is 19.7 Å². The first-order chi connectivity index (χ1) is 14.2. The van der Waals surface area contributed by atoms with Gasteiger partial charge in [-0.25, -0.2) is 9.67 Å². The molecular weight excluding hydrogens is 378 g/mol. The van der Waals surface area contributed by atoms with Crippen LogP contribution in [-0.4, -0.2) is 38.5 Å². The molecule has 3 aromatic rings. The first kappa shape index (κ1) is 21.5. The van der Waals surface area contributed by atoms with Crippen LogP contribution in [0.25, 0.3) is 11.0 Å². The van der Waals surface area contributed by atoms with Gasteiger partial charge in [0, 0.05) is 37.9 Å². The number of amides is 2. The summed E-state index contributed by atoms with van der Waals surface area (Å²) in [5.74, 6) is -0.0291. The maximum atomic E-state index is 13.2. The number of carbonyl (C=O) groups excluding carboxylic acids is 2. The summed E-state index contributed by atoms with van der Waals surface area (Å²) in [5.41, 5.74) is 3.76. The smallest absolute Gasteiger partial charge is 0.256 e. The van der Waals surface area contributed by atoms with E-state index in [1.54, 1.807) is 18.1 Å². The highest BCUT2D eigenvalue weighted by Crippen LogP contribution is 2.25. The third-order valence-corrected chi connectivity index (χ3v) is 5.05. The molecule has 2 heterocycles. The van der Waals surface area contributed by atoms with Crippen molar-refractivity contribution < 1.29 is 9.59 Å². The Morgan fingerprint density at radius 3 is 2.53 bits per heavy atom. The van der Waals surface area contributed by atoms with E-state index in [-0.39, 0.29) is 23.8 Å². The number of anilines is 1. The molecule has 0 aliphatic rings. The first-order valence-corrected chi connectivity index (χ1v) is 10.2. The summed E-state index contributed by atoms with van der Waals surface area (Å²) in [6.45, 7) is 10.2. The molecule has 30 heavy (non-hydrogen) atoms. The molecule has 0 bridgehead atoms. The molecule has 0 atom stereocenters. The van der Waals surface area contributed by atoms with Gasteiger partial charge < -0.3 is 10.2 Å². The SMILES string of the molecule is CC(=O)N(C)Cc1cccc(NC(=O)c2cc(C(C)C)nc3c2cnn3C(C)C)c1. The third kappa shape index (κ3) is 4.50. The molecular formula is C23H29N5O2. The van der Waals surface area contributed by atoms with Gasteiger partial charge in [0.05, 0.1) is 17.1 Å². The number of rotatable bonds is 6. The molecule has 7 nitrogen and oxygen atoms in total. The van der Waals surface area contributed by atoms with E-state index in [4.69, 9.17) is 4.98 Å². The van der Waals surface area contributed by atoms with Gasteiger partial charge in [0.1, 0.15) is 0 Å². The minimum atomic E-state index is -0.204. The van der Waals surface area contributed by atoms with Crippen LogP contribution in [0.1, 0.15) is 68.2 Å². The molecule has 1 N–H and O–H groups in total. The first-order valence-electron chi connectivity index (χ1n) is 10.2. The van der Waals surface area contributed by atoms with E-state index in [1.165, 1.54) is 6.92 Å². The number of benzene rings is 1. The predicted octanol–water partition coefficient (Wildman–Crippen LogP) is 4.37. The van der Waals surface area contributed by atoms with Gasteiger partial charge in [-0.3, -0.25) is 9.59 Å². The quantitative estimate of drug-likeness (QED) is 0.658. The Morgan fingerprint density at radius 2 is 1.90 bits per heavy atom. The number of hydrogen-bond donors (Lipinski definition) is 1. The number of nitrogens with zero attached hydrogens (tertiary/aromatic N) is 4. The molecule has 0 saturated carbocycles. The van der Waals surface area contributed by atoms with Gasteiger partial charge in [-0.2, -0.15) is 5.10 Å². The van der Waals surface area contributed by atoms with E-state index in [0.29, 0.717) is 17.8 Å². The summed E-state index contributed by atoms with van der Waals surface area (Å²) in [6.07, 6.45) is 1.71. The molecule has 1 aromatic carbocycles. The van der Waals surface area contributed by atoms with Crippen LogP contribution in [0.2, 0.25) is 0 Å². The number of pyridine rings is 1. The Bertz CT molecular complexity index is 1080. The van der Waals surface area contributed by atoms with Gasteiger partial charge in [0.2, 0.25) is 5.91 Å². The topological polar surface area (TPSA) is 80.1 Å². The fourth-order valence-corrected chi connectivity index (χ4v) is 3.23. The minimum absolute atomic E-state index is 0.00741. The second kappa shape index (κ2) is 8.65. The second-order valence-electron chi connectivity index (χ2n) is 8.20. The van der Waals surface area contributed by atoms with E-state index in [2.05, 4.69) is 24.3 Å². The van der Waals surface area contributed by atoms with Crippen molar-refractivity contribution in [2.24, 2.45) is 0 Å². The third-order valence-electron chi connectivity index (χ3n) is 5.05. The summed E-state index contributed by atoms with van der Waals surface area (Å²) in [5, 5.41) is 8.17. The Morgan fingerprint density at radius 1 is 1.17 bits per heavy atom. The molecule has 0 spiro atoms. The molecule has 7 heteroatoms. The zero-order chi connectivity index (χ0) is 22.0. The molecule has 0 fully saturated rings. The van der Waals surface area contributed by atoms with Crippen LogP contribution < -0.4 is 5.32 Å². The van der Waals surface area contributed by atoms with E-state index < -0.39 is 0 Å². The van der Waals surface area contributed by atoms with Gasteiger partial charge in [-0.1, -0.05) is 26.0 Å². The monoisotopic (exact) mass is 407 g/mol. The lowest BCUT2D eigenvalue weighted by atomic mass is 10.0. The summed E-state index contributed by atoms with van der Waals surface area (Å²) < 4.78 is 1.84. The normalized spacial score (nSPS) is 11.3. The number of fused-ring (bicyclic) bond motifs is 1. The molecule has 2 aromatic heterocycles. The van der Waals surface area contributed by atoms with Crippen molar-refractivity contribution >= 4 is 28.5 Å². The predicted molar refractivity (Wildman–Crippen MR) is 119 cm³/mol. The number of aromatic nitrogens is 3. The zero-order valence-electron chi connectivity index (χ0n) is 18.4. The number of hydrogen-bond acceptors (Lipinski definition) is 4.